The minimum Gasteiger partial charge on any atom is -0.360 e. The Kier molecular flexibility index (Phi) is 2.48. The van der Waals surface area contributed by atoms with Gasteiger partial charge in [0.25, 0.3) is 5.91 Å². The number of likely N-dealkylation sites (tertiary alicyclic amines) is 1. The fourth-order valence-corrected chi connectivity index (χ4v) is 2.94. The summed E-state index contributed by atoms with van der Waals surface area (Å²) in [6.07, 6.45) is 6.77. The maximum absolute atomic E-state index is 12.3. The summed E-state index contributed by atoms with van der Waals surface area (Å²) in [4.78, 5) is 14.1. The van der Waals surface area contributed by atoms with Crippen LogP contribution in [-0.4, -0.2) is 44.0 Å². The summed E-state index contributed by atoms with van der Waals surface area (Å²) in [6.45, 7) is 1.33. The van der Waals surface area contributed by atoms with Crippen LogP contribution in [0.5, 0.6) is 0 Å². The second-order valence-electron chi connectivity index (χ2n) is 6.65. The van der Waals surface area contributed by atoms with Gasteiger partial charge in [0, 0.05) is 37.2 Å². The molecule has 0 unspecified atom stereocenters. The van der Waals surface area contributed by atoms with Crippen LogP contribution in [0.1, 0.15) is 65.5 Å². The molecular weight excluding hydrogens is 282 g/mol. The number of hydrogen-bond acceptors (Lipinski definition) is 5. The molecule has 1 amide bonds. The summed E-state index contributed by atoms with van der Waals surface area (Å²) in [6, 6.07) is 2.03. The molecule has 7 heteroatoms. The maximum atomic E-state index is 12.3. The van der Waals surface area contributed by atoms with Crippen molar-refractivity contribution in [3.63, 3.8) is 0 Å². The van der Waals surface area contributed by atoms with Crippen LogP contribution in [0.15, 0.2) is 16.8 Å². The summed E-state index contributed by atoms with van der Waals surface area (Å²) < 4.78 is 7.15. The lowest BCUT2D eigenvalue weighted by Gasteiger charge is -2.38. The van der Waals surface area contributed by atoms with Gasteiger partial charge in [0.15, 0.2) is 5.69 Å². The van der Waals surface area contributed by atoms with Crippen molar-refractivity contribution in [1.29, 1.82) is 0 Å². The van der Waals surface area contributed by atoms with Gasteiger partial charge in [0.2, 0.25) is 0 Å². The van der Waals surface area contributed by atoms with Crippen LogP contribution in [0.2, 0.25) is 0 Å². The Morgan fingerprint density at radius 1 is 1.18 bits per heavy atom. The standard InChI is InChI=1S/C15H17N5O2/c21-15(12-5-14(22-17-12)10-3-4-10)19-6-11(7-19)20-8-13(16-18-20)9-1-2-9/h5,8-11H,1-4,6-7H2. The number of hydrogen-bond donors (Lipinski definition) is 0. The number of carbonyl (C=O) groups excluding carboxylic acids is 1. The molecule has 3 fully saturated rings. The van der Waals surface area contributed by atoms with Gasteiger partial charge in [0.1, 0.15) is 5.76 Å². The molecule has 114 valence electrons. The highest BCUT2D eigenvalue weighted by Gasteiger charge is 2.36. The molecule has 3 heterocycles. The number of rotatable bonds is 4. The van der Waals surface area contributed by atoms with Crippen LogP contribution >= 0.6 is 0 Å². The molecule has 0 aromatic carbocycles. The Morgan fingerprint density at radius 2 is 1.95 bits per heavy atom. The monoisotopic (exact) mass is 299 g/mol. The van der Waals surface area contributed by atoms with Crippen molar-refractivity contribution in [3.8, 4) is 0 Å². The fraction of sp³-hybridized carbons (Fsp3) is 0.600. The normalized spacial score (nSPS) is 21.9. The Bertz CT molecular complexity index is 722. The second-order valence-corrected chi connectivity index (χ2v) is 6.65. The summed E-state index contributed by atoms with van der Waals surface area (Å²) in [5, 5.41) is 12.3. The zero-order valence-corrected chi connectivity index (χ0v) is 12.2. The summed E-state index contributed by atoms with van der Waals surface area (Å²) in [5.41, 5.74) is 1.52. The molecule has 22 heavy (non-hydrogen) atoms. The number of amides is 1. The van der Waals surface area contributed by atoms with Gasteiger partial charge in [-0.2, -0.15) is 0 Å². The van der Waals surface area contributed by atoms with Crippen LogP contribution < -0.4 is 0 Å². The average Bonchev–Trinajstić information content (AvgIpc) is 3.41. The molecule has 0 radical (unpaired) electrons. The van der Waals surface area contributed by atoms with Crippen LogP contribution in [0.4, 0.5) is 0 Å². The van der Waals surface area contributed by atoms with Gasteiger partial charge in [-0.05, 0) is 25.7 Å². The van der Waals surface area contributed by atoms with Gasteiger partial charge in [-0.1, -0.05) is 10.4 Å². The van der Waals surface area contributed by atoms with Gasteiger partial charge in [0.05, 0.1) is 11.7 Å². The Hall–Kier alpha value is -2.18. The molecule has 5 rings (SSSR count). The van der Waals surface area contributed by atoms with E-state index in [1.165, 1.54) is 12.8 Å². The first-order chi connectivity index (χ1) is 10.8. The van der Waals surface area contributed by atoms with E-state index in [0.29, 0.717) is 30.6 Å². The first-order valence-electron chi connectivity index (χ1n) is 7.95. The molecule has 3 aliphatic rings. The van der Waals surface area contributed by atoms with Crippen LogP contribution in [0.25, 0.3) is 0 Å². The van der Waals surface area contributed by atoms with Crippen molar-refractivity contribution < 1.29 is 9.32 Å². The smallest absolute Gasteiger partial charge is 0.276 e. The van der Waals surface area contributed by atoms with Crippen molar-refractivity contribution >= 4 is 5.91 Å². The Balaban J connectivity index is 1.23. The van der Waals surface area contributed by atoms with Gasteiger partial charge in [-0.25, -0.2) is 4.68 Å². The summed E-state index contributed by atoms with van der Waals surface area (Å²) in [5.74, 6) is 1.90. The SMILES string of the molecule is O=C(c1cc(C2CC2)on1)N1CC(n2cc(C3CC3)nn2)C1. The van der Waals surface area contributed by atoms with Gasteiger partial charge in [-0.15, -0.1) is 5.10 Å². The van der Waals surface area contributed by atoms with E-state index < -0.39 is 0 Å². The first-order valence-corrected chi connectivity index (χ1v) is 7.95. The van der Waals surface area contributed by atoms with Crippen molar-refractivity contribution in [1.82, 2.24) is 25.1 Å². The second kappa shape index (κ2) is 4.41. The molecule has 0 spiro atoms. The molecule has 1 saturated heterocycles. The fourth-order valence-electron chi connectivity index (χ4n) is 2.94. The maximum Gasteiger partial charge on any atom is 0.276 e. The van der Waals surface area contributed by atoms with E-state index in [1.54, 1.807) is 11.0 Å². The summed E-state index contributed by atoms with van der Waals surface area (Å²) >= 11 is 0. The lowest BCUT2D eigenvalue weighted by Crippen LogP contribution is -2.51. The molecule has 2 aromatic rings. The van der Waals surface area contributed by atoms with E-state index in [1.807, 2.05) is 10.9 Å². The number of aromatic nitrogens is 4. The van der Waals surface area contributed by atoms with E-state index in [9.17, 15) is 4.79 Å². The summed E-state index contributed by atoms with van der Waals surface area (Å²) in [7, 11) is 0. The molecule has 0 N–H and O–H groups in total. The minimum atomic E-state index is -0.0468. The molecule has 2 aromatic heterocycles. The van der Waals surface area contributed by atoms with E-state index >= 15 is 0 Å². The molecule has 7 nitrogen and oxygen atoms in total. The van der Waals surface area contributed by atoms with Crippen LogP contribution in [-0.2, 0) is 0 Å². The predicted octanol–water partition coefficient (Wildman–Crippen LogP) is 1.72. The molecular formula is C15H17N5O2. The van der Waals surface area contributed by atoms with E-state index in [0.717, 1.165) is 24.3 Å². The molecule has 1 aliphatic heterocycles. The topological polar surface area (TPSA) is 77.0 Å². The highest BCUT2D eigenvalue weighted by atomic mass is 16.5. The van der Waals surface area contributed by atoms with Crippen LogP contribution in [0, 0.1) is 0 Å². The predicted molar refractivity (Wildman–Crippen MR) is 75.4 cm³/mol. The lowest BCUT2D eigenvalue weighted by molar-refractivity contribution is 0.0488. The van der Waals surface area contributed by atoms with Gasteiger partial charge in [-0.3, -0.25) is 4.79 Å². The average molecular weight is 299 g/mol. The number of nitrogens with zero attached hydrogens (tertiary/aromatic N) is 5. The van der Waals surface area contributed by atoms with Crippen molar-refractivity contribution in [3.05, 3.63) is 29.4 Å². The van der Waals surface area contributed by atoms with Crippen molar-refractivity contribution in [2.45, 2.75) is 43.6 Å². The third kappa shape index (κ3) is 2.03. The number of carbonyl (C=O) groups is 1. The first kappa shape index (κ1) is 12.4. The third-order valence-electron chi connectivity index (χ3n) is 4.77. The zero-order chi connectivity index (χ0) is 14.7. The quantitative estimate of drug-likeness (QED) is 0.859. The van der Waals surface area contributed by atoms with Crippen molar-refractivity contribution in [2.75, 3.05) is 13.1 Å². The molecule has 0 bridgehead atoms. The van der Waals surface area contributed by atoms with E-state index in [-0.39, 0.29) is 11.9 Å². The van der Waals surface area contributed by atoms with Crippen molar-refractivity contribution in [2.24, 2.45) is 0 Å². The highest BCUT2D eigenvalue weighted by molar-refractivity contribution is 5.92. The molecule has 2 aliphatic carbocycles. The van der Waals surface area contributed by atoms with Gasteiger partial charge >= 0.3 is 0 Å². The lowest BCUT2D eigenvalue weighted by atomic mass is 10.1. The molecule has 0 atom stereocenters. The highest BCUT2D eigenvalue weighted by Crippen LogP contribution is 2.40. The molecule has 2 saturated carbocycles. The zero-order valence-electron chi connectivity index (χ0n) is 12.2. The van der Waals surface area contributed by atoms with Crippen LogP contribution in [0.3, 0.4) is 0 Å². The Labute approximate surface area is 127 Å². The van der Waals surface area contributed by atoms with E-state index in [4.69, 9.17) is 4.52 Å². The van der Waals surface area contributed by atoms with E-state index in [2.05, 4.69) is 15.5 Å². The van der Waals surface area contributed by atoms with Gasteiger partial charge < -0.3 is 9.42 Å². The third-order valence-corrected chi connectivity index (χ3v) is 4.77. The minimum absolute atomic E-state index is 0.0468. The Morgan fingerprint density at radius 3 is 2.68 bits per heavy atom. The largest absolute Gasteiger partial charge is 0.360 e.